The molecule has 0 spiro atoms. The first-order valence-electron chi connectivity index (χ1n) is 0.447. The van der Waals surface area contributed by atoms with Crippen molar-refractivity contribution in [2.24, 2.45) is 0 Å². The number of hydrogen-bond donors (Lipinski definition) is 0. The molecule has 0 unspecified atom stereocenters. The van der Waals surface area contributed by atoms with Crippen molar-refractivity contribution in [3.8, 4) is 0 Å². The van der Waals surface area contributed by atoms with E-state index in [1.165, 1.54) is 0 Å². The molecule has 0 atom stereocenters. The van der Waals surface area contributed by atoms with E-state index in [0.717, 1.165) is 0 Å². The van der Waals surface area contributed by atoms with Crippen LogP contribution in [-0.2, 0) is 50.3 Å². The van der Waals surface area contributed by atoms with Crippen molar-refractivity contribution in [2.45, 2.75) is 0 Å². The fourth-order valence-electron chi connectivity index (χ4n) is 0. The third-order valence-corrected chi connectivity index (χ3v) is 0. The average Bonchev–Trinajstić information content (AvgIpc) is 1.50. The number of rotatable bonds is 0. The molecule has 0 aliphatic rings. The van der Waals surface area contributed by atoms with E-state index >= 15 is 0 Å². The van der Waals surface area contributed by atoms with Crippen LogP contribution < -0.4 is 0 Å². The van der Waals surface area contributed by atoms with Crippen molar-refractivity contribution in [3.63, 3.8) is 0 Å². The molecule has 0 fully saturated rings. The largest absolute Gasteiger partial charge is 2.00 e. The molecule has 0 saturated heterocycles. The molecule has 0 bridgehead atoms. The van der Waals surface area contributed by atoms with Gasteiger partial charge in [0.15, 0.2) is 0 Å². The van der Waals surface area contributed by atoms with Gasteiger partial charge < -0.3 is 23.7 Å². The minimum Gasteiger partial charge on any atom is -0.512 e. The first-order valence-corrected chi connectivity index (χ1v) is 0.447. The molecule has 0 aliphatic carbocycles. The summed E-state index contributed by atoms with van der Waals surface area (Å²) in [4.78, 5) is 0. The van der Waals surface area contributed by atoms with Gasteiger partial charge in [-0.2, -0.15) is 0 Å². The van der Waals surface area contributed by atoms with Crippen LogP contribution in [0.2, 0.25) is 0 Å². The first kappa shape index (κ1) is 50.7. The van der Waals surface area contributed by atoms with E-state index in [2.05, 4.69) is 0 Å². The summed E-state index contributed by atoms with van der Waals surface area (Å²) in [5, 5.41) is 12.5. The predicted molar refractivity (Wildman–Crippen MR) is 9.94 cm³/mol. The second kappa shape index (κ2) is 788. The molecule has 0 rings (SSSR count). The summed E-state index contributed by atoms with van der Waals surface area (Å²) in [6.07, 6.45) is 0. The van der Waals surface area contributed by atoms with Gasteiger partial charge in [-0.25, -0.2) is 0 Å². The molecular formula is C2CoFeN2Ni. The summed E-state index contributed by atoms with van der Waals surface area (Å²) >= 11 is 0. The van der Waals surface area contributed by atoms with E-state index in [9.17, 15) is 0 Å². The van der Waals surface area contributed by atoms with Crippen LogP contribution >= 0.6 is 0 Å². The second-order valence-electron chi connectivity index (χ2n) is 0. The molecular weight excluding hydrogens is 226 g/mol. The van der Waals surface area contributed by atoms with Gasteiger partial charge in [0.25, 0.3) is 0 Å². The fraction of sp³-hybridized carbons (Fsp3) is 0. The van der Waals surface area contributed by atoms with Gasteiger partial charge in [-0.3, -0.25) is 0 Å². The zero-order chi connectivity index (χ0) is 4.00. The minimum absolute atomic E-state index is 0. The molecule has 0 aromatic heterocycles. The van der Waals surface area contributed by atoms with Crippen LogP contribution in [0.3, 0.4) is 0 Å². The Labute approximate surface area is 73.9 Å². The van der Waals surface area contributed by atoms with Crippen molar-refractivity contribution >= 4 is 0 Å². The Morgan fingerprint density at radius 1 is 0.857 bits per heavy atom. The van der Waals surface area contributed by atoms with Crippen LogP contribution in [0, 0.1) is 23.7 Å². The fourth-order valence-corrected chi connectivity index (χ4v) is 0. The molecule has 2 nitrogen and oxygen atoms in total. The maximum Gasteiger partial charge on any atom is 2.00 e. The Hall–Kier alpha value is 0.499. The smallest absolute Gasteiger partial charge is 0.512 e. The predicted octanol–water partition coefficient (Wildman–Crippen LogP) is 0.185. The van der Waals surface area contributed by atoms with Crippen LogP contribution in [0.1, 0.15) is 0 Å². The van der Waals surface area contributed by atoms with Crippen molar-refractivity contribution in [3.05, 3.63) is 13.1 Å². The van der Waals surface area contributed by atoms with Crippen LogP contribution in [0.4, 0.5) is 0 Å². The monoisotopic (exact) mass is 225 g/mol. The Balaban J connectivity index is -0.00000000267. The average molecular weight is 226 g/mol. The quantitative estimate of drug-likeness (QED) is 0.436. The molecule has 7 heavy (non-hydrogen) atoms. The Morgan fingerprint density at radius 3 is 0.857 bits per heavy atom. The van der Waals surface area contributed by atoms with Gasteiger partial charge in [0, 0.05) is 33.3 Å². The Kier molecular flexibility index (Phi) is 5710. The Bertz CT molecular complexity index is 31.2. The van der Waals surface area contributed by atoms with E-state index in [0.29, 0.717) is 0 Å². The SMILES string of the molecule is [C-]#N.[C-]#N.[Co].[Fe+2].[Ni]. The zero-order valence-corrected chi connectivity index (χ0v) is 6.03. The molecule has 0 aromatic rings. The molecule has 0 amide bonds. The standard InChI is InChI=1S/2CN.Co.Fe.Ni/c2*1-2;;;/q2*-1;;+2;. The Morgan fingerprint density at radius 2 is 0.857 bits per heavy atom. The third kappa shape index (κ3) is 527. The minimum atomic E-state index is 0. The molecule has 1 radical (unpaired) electrons. The molecule has 5 heteroatoms. The van der Waals surface area contributed by atoms with Crippen molar-refractivity contribution in [2.75, 3.05) is 0 Å². The summed E-state index contributed by atoms with van der Waals surface area (Å²) in [5.74, 6) is 0. The van der Waals surface area contributed by atoms with E-state index in [-0.39, 0.29) is 50.3 Å². The topological polar surface area (TPSA) is 47.6 Å². The van der Waals surface area contributed by atoms with Gasteiger partial charge in [0.05, 0.1) is 0 Å². The second-order valence-corrected chi connectivity index (χ2v) is 0. The zero-order valence-electron chi connectivity index (χ0n) is 2.90. The summed E-state index contributed by atoms with van der Waals surface area (Å²) in [6, 6.07) is 0. The van der Waals surface area contributed by atoms with Gasteiger partial charge in [0.1, 0.15) is 0 Å². The molecule has 0 aliphatic heterocycles. The van der Waals surface area contributed by atoms with E-state index in [1.807, 2.05) is 0 Å². The van der Waals surface area contributed by atoms with Crippen molar-refractivity contribution in [1.29, 1.82) is 10.5 Å². The van der Waals surface area contributed by atoms with E-state index in [4.69, 9.17) is 23.7 Å². The van der Waals surface area contributed by atoms with Crippen molar-refractivity contribution < 1.29 is 50.3 Å². The van der Waals surface area contributed by atoms with Crippen LogP contribution in [0.25, 0.3) is 0 Å². The van der Waals surface area contributed by atoms with Crippen molar-refractivity contribution in [1.82, 2.24) is 0 Å². The van der Waals surface area contributed by atoms with Gasteiger partial charge in [0.2, 0.25) is 0 Å². The summed E-state index contributed by atoms with van der Waals surface area (Å²) in [6.45, 7) is 9.50. The molecule has 0 heterocycles. The molecule has 0 saturated carbocycles. The number of hydrogen-bond acceptors (Lipinski definition) is 2. The van der Waals surface area contributed by atoms with Gasteiger partial charge in [-0.15, -0.1) is 0 Å². The normalized spacial score (nSPS) is 0.571. The maximum atomic E-state index is 6.25. The number of nitrogens with zero attached hydrogens (tertiary/aromatic N) is 2. The van der Waals surface area contributed by atoms with Gasteiger partial charge >= 0.3 is 17.1 Å². The first-order chi connectivity index (χ1) is 2.00. The summed E-state index contributed by atoms with van der Waals surface area (Å²) < 4.78 is 0. The van der Waals surface area contributed by atoms with Gasteiger partial charge in [-0.1, -0.05) is 0 Å². The molecule has 45 valence electrons. The van der Waals surface area contributed by atoms with Gasteiger partial charge in [-0.05, 0) is 0 Å². The van der Waals surface area contributed by atoms with E-state index < -0.39 is 0 Å². The third-order valence-electron chi connectivity index (χ3n) is 0. The summed E-state index contributed by atoms with van der Waals surface area (Å²) in [5.41, 5.74) is 0. The van der Waals surface area contributed by atoms with Crippen LogP contribution in [0.5, 0.6) is 0 Å². The van der Waals surface area contributed by atoms with E-state index in [1.54, 1.807) is 0 Å². The molecule has 0 N–H and O–H groups in total. The maximum absolute atomic E-state index is 6.25. The molecule has 0 aromatic carbocycles. The van der Waals surface area contributed by atoms with Crippen LogP contribution in [0.15, 0.2) is 0 Å². The van der Waals surface area contributed by atoms with Crippen LogP contribution in [-0.4, -0.2) is 0 Å². The summed E-state index contributed by atoms with van der Waals surface area (Å²) in [7, 11) is 0.